The van der Waals surface area contributed by atoms with Crippen molar-refractivity contribution in [3.05, 3.63) is 36.3 Å². The summed E-state index contributed by atoms with van der Waals surface area (Å²) in [5, 5.41) is 20.6. The smallest absolute Gasteiger partial charge is 0.171 e. The number of thioether (sulfide) groups is 2. The van der Waals surface area contributed by atoms with Gasteiger partial charge in [0.25, 0.3) is 0 Å². The van der Waals surface area contributed by atoms with Crippen LogP contribution in [0.3, 0.4) is 0 Å². The zero-order chi connectivity index (χ0) is 18.1. The van der Waals surface area contributed by atoms with E-state index in [1.807, 2.05) is 32.1 Å². The van der Waals surface area contributed by atoms with E-state index < -0.39 is 0 Å². The lowest BCUT2D eigenvalue weighted by Crippen LogP contribution is -2.26. The molecule has 0 saturated carbocycles. The van der Waals surface area contributed by atoms with Crippen LogP contribution < -0.4 is 0 Å². The van der Waals surface area contributed by atoms with Crippen molar-refractivity contribution in [2.24, 2.45) is 0 Å². The van der Waals surface area contributed by atoms with Crippen molar-refractivity contribution in [1.82, 2.24) is 0 Å². The van der Waals surface area contributed by atoms with Gasteiger partial charge < -0.3 is 19.7 Å². The minimum absolute atomic E-state index is 0.0428. The largest absolute Gasteiger partial charge is 0.504 e. The summed E-state index contributed by atoms with van der Waals surface area (Å²) in [5.74, 6) is 1.38. The zero-order valence-corrected chi connectivity index (χ0v) is 16.4. The van der Waals surface area contributed by atoms with Crippen molar-refractivity contribution in [1.29, 1.82) is 0 Å². The van der Waals surface area contributed by atoms with Gasteiger partial charge in [0.05, 0.1) is 17.4 Å². The molecule has 2 atom stereocenters. The average molecular weight is 381 g/mol. The first-order valence-corrected chi connectivity index (χ1v) is 10.3. The van der Waals surface area contributed by atoms with Gasteiger partial charge in [-0.2, -0.15) is 0 Å². The second-order valence-corrected chi connectivity index (χ2v) is 9.09. The molecular formula is C19H24O4S2. The van der Waals surface area contributed by atoms with E-state index in [0.29, 0.717) is 16.2 Å². The van der Waals surface area contributed by atoms with Gasteiger partial charge in [0, 0.05) is 34.8 Å². The molecule has 1 aromatic carbocycles. The van der Waals surface area contributed by atoms with Crippen LogP contribution in [-0.4, -0.2) is 32.9 Å². The number of ether oxygens (including phenoxy) is 2. The number of phenols is 2. The highest BCUT2D eigenvalue weighted by Crippen LogP contribution is 2.45. The van der Waals surface area contributed by atoms with Crippen molar-refractivity contribution in [2.75, 3.05) is 11.5 Å². The Hall–Kier alpha value is -1.40. The summed E-state index contributed by atoms with van der Waals surface area (Å²) in [7, 11) is 0. The molecule has 0 aliphatic carbocycles. The van der Waals surface area contributed by atoms with E-state index in [-0.39, 0.29) is 22.7 Å². The Balaban J connectivity index is 1.73. The summed E-state index contributed by atoms with van der Waals surface area (Å²) in [6, 6.07) is 1.96. The molecule has 2 unspecified atom stereocenters. The number of benzene rings is 1. The highest BCUT2D eigenvalue weighted by molar-refractivity contribution is 8.00. The van der Waals surface area contributed by atoms with Gasteiger partial charge in [-0.25, -0.2) is 0 Å². The Morgan fingerprint density at radius 3 is 1.92 bits per heavy atom. The van der Waals surface area contributed by atoms with E-state index in [2.05, 4.69) is 6.92 Å². The van der Waals surface area contributed by atoms with Crippen molar-refractivity contribution < 1.29 is 19.7 Å². The lowest BCUT2D eigenvalue weighted by molar-refractivity contribution is 0.0874. The fourth-order valence-corrected chi connectivity index (χ4v) is 5.05. The first-order chi connectivity index (χ1) is 11.8. The number of aromatic hydroxyl groups is 2. The Morgan fingerprint density at radius 1 is 0.920 bits per heavy atom. The molecule has 2 heterocycles. The molecule has 2 aliphatic heterocycles. The number of phenolic OH excluding ortho intramolecular Hbond substituents is 2. The van der Waals surface area contributed by atoms with E-state index in [0.717, 1.165) is 23.5 Å². The number of rotatable bonds is 6. The highest BCUT2D eigenvalue weighted by atomic mass is 32.2. The van der Waals surface area contributed by atoms with E-state index >= 15 is 0 Å². The quantitative estimate of drug-likeness (QED) is 0.536. The van der Waals surface area contributed by atoms with Crippen LogP contribution in [0.15, 0.2) is 40.5 Å². The molecule has 2 aliphatic rings. The van der Waals surface area contributed by atoms with Gasteiger partial charge in [0.2, 0.25) is 0 Å². The number of hydrogen-bond donors (Lipinski definition) is 2. The van der Waals surface area contributed by atoms with E-state index in [4.69, 9.17) is 9.47 Å². The fourth-order valence-electron chi connectivity index (χ4n) is 2.73. The van der Waals surface area contributed by atoms with Crippen LogP contribution in [0.2, 0.25) is 0 Å². The molecule has 6 heteroatoms. The standard InChI is InChI=1S/C19H24O4S2/c1-13-14(24-11-18(2)6-4-8-22-18)10-15(17(21)16(13)20)25-12-19(3)7-5-9-23-19/h4-5,8-10,20-21H,6-7,11-12H2,1-3H3. The third kappa shape index (κ3) is 4.06. The van der Waals surface area contributed by atoms with Crippen molar-refractivity contribution in [3.8, 4) is 11.5 Å². The second-order valence-electron chi connectivity index (χ2n) is 7.06. The normalized spacial score (nSPS) is 27.5. The minimum atomic E-state index is -0.262. The summed E-state index contributed by atoms with van der Waals surface area (Å²) in [4.78, 5) is 1.64. The molecule has 1 aromatic rings. The van der Waals surface area contributed by atoms with Gasteiger partial charge in [-0.15, -0.1) is 23.5 Å². The fraction of sp³-hybridized carbons (Fsp3) is 0.474. The third-order valence-corrected chi connectivity index (χ3v) is 7.37. The summed E-state index contributed by atoms with van der Waals surface area (Å²) < 4.78 is 11.3. The Morgan fingerprint density at radius 2 is 1.44 bits per heavy atom. The van der Waals surface area contributed by atoms with Gasteiger partial charge in [-0.05, 0) is 39.0 Å². The zero-order valence-electron chi connectivity index (χ0n) is 14.7. The van der Waals surface area contributed by atoms with Crippen molar-refractivity contribution in [2.45, 2.75) is 54.6 Å². The molecule has 0 fully saturated rings. The van der Waals surface area contributed by atoms with Crippen LogP contribution in [-0.2, 0) is 9.47 Å². The minimum Gasteiger partial charge on any atom is -0.504 e. The molecule has 136 valence electrons. The maximum Gasteiger partial charge on any atom is 0.171 e. The molecule has 0 radical (unpaired) electrons. The lowest BCUT2D eigenvalue weighted by Gasteiger charge is -2.25. The van der Waals surface area contributed by atoms with Gasteiger partial charge >= 0.3 is 0 Å². The monoisotopic (exact) mass is 380 g/mol. The van der Waals surface area contributed by atoms with Gasteiger partial charge in [-0.1, -0.05) is 0 Å². The second kappa shape index (κ2) is 7.08. The molecule has 0 aromatic heterocycles. The van der Waals surface area contributed by atoms with Crippen LogP contribution in [0, 0.1) is 6.92 Å². The highest BCUT2D eigenvalue weighted by Gasteiger charge is 2.30. The van der Waals surface area contributed by atoms with Crippen LogP contribution in [0.5, 0.6) is 11.5 Å². The van der Waals surface area contributed by atoms with Gasteiger partial charge in [-0.3, -0.25) is 0 Å². The molecule has 4 nitrogen and oxygen atoms in total. The van der Waals surface area contributed by atoms with Crippen LogP contribution in [0.4, 0.5) is 0 Å². The SMILES string of the molecule is Cc1c(SCC2(C)CC=CO2)cc(SCC2(C)CC=CO2)c(O)c1O. The maximum atomic E-state index is 10.3. The summed E-state index contributed by atoms with van der Waals surface area (Å²) in [6.45, 7) is 5.95. The van der Waals surface area contributed by atoms with Crippen LogP contribution >= 0.6 is 23.5 Å². The maximum absolute atomic E-state index is 10.3. The third-order valence-electron chi connectivity index (χ3n) is 4.51. The Bertz CT molecular complexity index is 640. The predicted octanol–water partition coefficient (Wildman–Crippen LogP) is 4.98. The molecule has 0 bridgehead atoms. The topological polar surface area (TPSA) is 58.9 Å². The molecule has 3 rings (SSSR count). The molecule has 2 N–H and O–H groups in total. The predicted molar refractivity (Wildman–Crippen MR) is 102 cm³/mol. The summed E-state index contributed by atoms with van der Waals surface area (Å²) in [5.41, 5.74) is 0.225. The van der Waals surface area contributed by atoms with E-state index in [9.17, 15) is 10.2 Å². The summed E-state index contributed by atoms with van der Waals surface area (Å²) in [6.07, 6.45) is 9.24. The number of hydrogen-bond acceptors (Lipinski definition) is 6. The molecular weight excluding hydrogens is 356 g/mol. The lowest BCUT2D eigenvalue weighted by atomic mass is 10.1. The summed E-state index contributed by atoms with van der Waals surface area (Å²) >= 11 is 3.15. The van der Waals surface area contributed by atoms with E-state index in [1.54, 1.807) is 24.3 Å². The van der Waals surface area contributed by atoms with Crippen LogP contribution in [0.25, 0.3) is 0 Å². The van der Waals surface area contributed by atoms with Gasteiger partial charge in [0.1, 0.15) is 11.2 Å². The molecule has 0 amide bonds. The molecule has 0 spiro atoms. The van der Waals surface area contributed by atoms with Gasteiger partial charge in [0.15, 0.2) is 11.5 Å². The van der Waals surface area contributed by atoms with Crippen molar-refractivity contribution in [3.63, 3.8) is 0 Å². The first-order valence-electron chi connectivity index (χ1n) is 8.29. The molecule has 0 saturated heterocycles. The Labute approximate surface area is 157 Å². The molecule has 25 heavy (non-hydrogen) atoms. The average Bonchev–Trinajstić information content (AvgIpc) is 3.21. The Kier molecular flexibility index (Phi) is 5.21. The van der Waals surface area contributed by atoms with Crippen LogP contribution in [0.1, 0.15) is 32.3 Å². The van der Waals surface area contributed by atoms with Crippen molar-refractivity contribution >= 4 is 23.5 Å². The van der Waals surface area contributed by atoms with E-state index in [1.165, 1.54) is 11.8 Å². The first kappa shape index (κ1) is 18.4.